The summed E-state index contributed by atoms with van der Waals surface area (Å²) in [4.78, 5) is 29.4. The number of rotatable bonds is 10. The minimum Gasteiger partial charge on any atom is -0.482 e. The van der Waals surface area contributed by atoms with Crippen LogP contribution in [0.25, 0.3) is 0 Å². The van der Waals surface area contributed by atoms with E-state index in [1.807, 2.05) is 59.5 Å². The second-order valence-corrected chi connectivity index (χ2v) is 14.2. The molecule has 5 aliphatic rings. The molecule has 4 saturated carbocycles. The molecule has 7 nitrogen and oxygen atoms in total. The first-order valence-electron chi connectivity index (χ1n) is 15.3. The van der Waals surface area contributed by atoms with E-state index >= 15 is 0 Å². The summed E-state index contributed by atoms with van der Waals surface area (Å²) in [5.41, 5.74) is 1.47. The number of nitrogens with one attached hydrogen (secondary N) is 1. The first-order valence-corrected chi connectivity index (χ1v) is 16.4. The lowest BCUT2D eigenvalue weighted by molar-refractivity contribution is -0.146. The number of nitrogens with zero attached hydrogens (tertiary/aromatic N) is 1. The van der Waals surface area contributed by atoms with Crippen LogP contribution in [0, 0.1) is 26.7 Å². The van der Waals surface area contributed by atoms with E-state index in [0.29, 0.717) is 17.9 Å². The molecule has 0 aliphatic heterocycles. The van der Waals surface area contributed by atoms with Gasteiger partial charge in [0.2, 0.25) is 11.8 Å². The van der Waals surface area contributed by atoms with E-state index < -0.39 is 18.2 Å². The summed E-state index contributed by atoms with van der Waals surface area (Å²) in [5.74, 6) is 2.49. The largest absolute Gasteiger partial charge is 0.482 e. The van der Waals surface area contributed by atoms with Crippen LogP contribution in [-0.4, -0.2) is 64.9 Å². The maximum atomic E-state index is 14.3. The molecule has 2 aromatic rings. The molecule has 7 rings (SSSR count). The zero-order valence-electron chi connectivity index (χ0n) is 24.0. The summed E-state index contributed by atoms with van der Waals surface area (Å²) in [6, 6.07) is 16.7. The van der Waals surface area contributed by atoms with Crippen LogP contribution in [0.2, 0.25) is 0 Å². The van der Waals surface area contributed by atoms with Gasteiger partial charge >= 0.3 is 0 Å². The molecule has 42 heavy (non-hydrogen) atoms. The second kappa shape index (κ2) is 12.7. The number of benzene rings is 2. The number of carbonyl (C=O) groups is 2. The third kappa shape index (κ3) is 6.40. The molecule has 224 valence electrons. The highest BCUT2D eigenvalue weighted by Crippen LogP contribution is 2.60. The highest BCUT2D eigenvalue weighted by atomic mass is 127. The fourth-order valence-electron chi connectivity index (χ4n) is 8.57. The molecular formula is C34H41IN2O5. The fraction of sp³-hybridized carbons (Fsp3) is 0.529. The van der Waals surface area contributed by atoms with Gasteiger partial charge in [0, 0.05) is 25.1 Å². The van der Waals surface area contributed by atoms with Crippen LogP contribution in [-0.2, 0) is 16.0 Å². The van der Waals surface area contributed by atoms with Gasteiger partial charge in [0.05, 0.1) is 22.6 Å². The Morgan fingerprint density at radius 3 is 2.26 bits per heavy atom. The van der Waals surface area contributed by atoms with Gasteiger partial charge in [-0.05, 0) is 108 Å². The minimum atomic E-state index is -1.01. The van der Waals surface area contributed by atoms with Crippen LogP contribution < -0.4 is 10.1 Å². The summed E-state index contributed by atoms with van der Waals surface area (Å²) in [5, 5.41) is 24.0. The van der Waals surface area contributed by atoms with E-state index in [0.717, 1.165) is 46.1 Å². The normalized spacial score (nSPS) is 31.4. The Bertz CT molecular complexity index is 1280. The SMILES string of the molecule is O=C(NCCO)C1=C[C@H](Oc2ccccc2I)[C@@H](O)[C@H](N(CC23CC4CC(CC(C4)C2)C3)C(=O)Cc2ccccc2)C1. The molecule has 0 unspecified atom stereocenters. The summed E-state index contributed by atoms with van der Waals surface area (Å²) >= 11 is 2.20. The van der Waals surface area contributed by atoms with Gasteiger partial charge in [-0.2, -0.15) is 0 Å². The highest BCUT2D eigenvalue weighted by molar-refractivity contribution is 14.1. The van der Waals surface area contributed by atoms with Crippen molar-refractivity contribution in [2.75, 3.05) is 19.7 Å². The maximum absolute atomic E-state index is 14.3. The molecule has 0 heterocycles. The predicted octanol–water partition coefficient (Wildman–Crippen LogP) is 4.49. The average molecular weight is 685 g/mol. The number of hydrogen-bond donors (Lipinski definition) is 3. The zero-order chi connectivity index (χ0) is 29.3. The summed E-state index contributed by atoms with van der Waals surface area (Å²) in [7, 11) is 0. The second-order valence-electron chi connectivity index (χ2n) is 13.0. The van der Waals surface area contributed by atoms with Crippen molar-refractivity contribution >= 4 is 34.4 Å². The molecule has 2 aromatic carbocycles. The van der Waals surface area contributed by atoms with Crippen molar-refractivity contribution < 1.29 is 24.5 Å². The lowest BCUT2D eigenvalue weighted by atomic mass is 9.49. The smallest absolute Gasteiger partial charge is 0.247 e. The Morgan fingerprint density at radius 2 is 1.62 bits per heavy atom. The summed E-state index contributed by atoms with van der Waals surface area (Å²) in [6.45, 7) is 0.571. The molecule has 4 bridgehead atoms. The number of aliphatic hydroxyl groups is 2. The number of carbonyl (C=O) groups excluding carboxylic acids is 2. The number of ether oxygens (including phenoxy) is 1. The topological polar surface area (TPSA) is 99.1 Å². The lowest BCUT2D eigenvalue weighted by Gasteiger charge is -2.58. The quantitative estimate of drug-likeness (QED) is 0.321. The van der Waals surface area contributed by atoms with Crippen LogP contribution in [0.15, 0.2) is 66.2 Å². The third-order valence-electron chi connectivity index (χ3n) is 9.90. The molecule has 0 aromatic heterocycles. The van der Waals surface area contributed by atoms with Crippen LogP contribution in [0.4, 0.5) is 0 Å². The Balaban J connectivity index is 1.33. The number of hydrogen-bond acceptors (Lipinski definition) is 5. The van der Waals surface area contributed by atoms with Crippen molar-refractivity contribution in [3.63, 3.8) is 0 Å². The number of para-hydroxylation sites is 1. The minimum absolute atomic E-state index is 0.0222. The van der Waals surface area contributed by atoms with Crippen molar-refractivity contribution in [2.24, 2.45) is 23.2 Å². The molecule has 2 amide bonds. The van der Waals surface area contributed by atoms with Crippen LogP contribution >= 0.6 is 22.6 Å². The maximum Gasteiger partial charge on any atom is 0.247 e. The molecule has 4 fully saturated rings. The van der Waals surface area contributed by atoms with E-state index in [4.69, 9.17) is 4.74 Å². The summed E-state index contributed by atoms with van der Waals surface area (Å²) < 4.78 is 7.25. The lowest BCUT2D eigenvalue weighted by Crippen LogP contribution is -2.59. The van der Waals surface area contributed by atoms with Gasteiger partial charge in [0.1, 0.15) is 18.0 Å². The van der Waals surface area contributed by atoms with Crippen LogP contribution in [0.5, 0.6) is 5.75 Å². The van der Waals surface area contributed by atoms with Gasteiger partial charge in [-0.25, -0.2) is 0 Å². The van der Waals surface area contributed by atoms with Gasteiger partial charge in [-0.1, -0.05) is 42.5 Å². The zero-order valence-corrected chi connectivity index (χ0v) is 26.1. The molecule has 3 N–H and O–H groups in total. The first kappa shape index (κ1) is 29.6. The van der Waals surface area contributed by atoms with Crippen LogP contribution in [0.3, 0.4) is 0 Å². The summed E-state index contributed by atoms with van der Waals surface area (Å²) in [6.07, 6.45) is 7.71. The predicted molar refractivity (Wildman–Crippen MR) is 169 cm³/mol. The van der Waals surface area contributed by atoms with Crippen molar-refractivity contribution in [2.45, 2.75) is 69.6 Å². The molecule has 0 saturated heterocycles. The van der Waals surface area contributed by atoms with Gasteiger partial charge in [0.25, 0.3) is 0 Å². The Morgan fingerprint density at radius 1 is 0.976 bits per heavy atom. The van der Waals surface area contributed by atoms with Crippen molar-refractivity contribution in [1.29, 1.82) is 0 Å². The van der Waals surface area contributed by atoms with Crippen molar-refractivity contribution in [1.82, 2.24) is 10.2 Å². The van der Waals surface area contributed by atoms with Crippen molar-refractivity contribution in [3.8, 4) is 5.75 Å². The first-order chi connectivity index (χ1) is 20.3. The number of aliphatic hydroxyl groups excluding tert-OH is 2. The van der Waals surface area contributed by atoms with E-state index in [1.165, 1.54) is 19.3 Å². The molecule has 5 aliphatic carbocycles. The van der Waals surface area contributed by atoms with E-state index in [1.54, 1.807) is 6.08 Å². The number of halogens is 1. The standard InChI is InChI=1S/C34H41IN2O5/c35-27-8-4-5-9-29(27)42-30-17-26(33(41)36-10-11-38)16-28(32(30)40)37(31(39)15-22-6-2-1-3-7-22)21-34-18-23-12-24(19-34)14-25(13-23)20-34/h1-9,17,23-25,28,30,32,38,40H,10-16,18-21H2,(H,36,41)/t23?,24?,25?,28-,30+,32+,34?/m1/s1. The van der Waals surface area contributed by atoms with Gasteiger partial charge in [0.15, 0.2) is 0 Å². The van der Waals surface area contributed by atoms with Gasteiger partial charge in [-0.15, -0.1) is 0 Å². The Hall–Kier alpha value is -2.43. The Labute approximate surface area is 261 Å². The molecule has 3 atom stereocenters. The highest BCUT2D eigenvalue weighted by Gasteiger charge is 2.53. The Kier molecular flexibility index (Phi) is 8.93. The molecule has 0 spiro atoms. The average Bonchev–Trinajstić information content (AvgIpc) is 2.97. The number of amides is 2. The van der Waals surface area contributed by atoms with Gasteiger partial charge < -0.3 is 25.2 Å². The van der Waals surface area contributed by atoms with Gasteiger partial charge in [-0.3, -0.25) is 9.59 Å². The third-order valence-corrected chi connectivity index (χ3v) is 10.8. The molecule has 8 heteroatoms. The van der Waals surface area contributed by atoms with Crippen LogP contribution in [0.1, 0.15) is 50.5 Å². The molecule has 0 radical (unpaired) electrons. The van der Waals surface area contributed by atoms with E-state index in [2.05, 4.69) is 27.9 Å². The molecular weight excluding hydrogens is 643 g/mol. The van der Waals surface area contributed by atoms with E-state index in [9.17, 15) is 19.8 Å². The monoisotopic (exact) mass is 684 g/mol. The van der Waals surface area contributed by atoms with E-state index in [-0.39, 0.29) is 43.2 Å². The fourth-order valence-corrected chi connectivity index (χ4v) is 9.09. The van der Waals surface area contributed by atoms with Crippen molar-refractivity contribution in [3.05, 3.63) is 75.4 Å².